The van der Waals surface area contributed by atoms with Gasteiger partial charge in [0.25, 0.3) is 0 Å². The number of nitrogens with zero attached hydrogens (tertiary/aromatic N) is 4. The molecule has 3 heterocycles. The van der Waals surface area contributed by atoms with Crippen molar-refractivity contribution in [2.24, 2.45) is 0 Å². The van der Waals surface area contributed by atoms with Gasteiger partial charge < -0.3 is 20.6 Å². The average molecular weight is 372 g/mol. The molecule has 1 amide bonds. The predicted molar refractivity (Wildman–Crippen MR) is 99.5 cm³/mol. The van der Waals surface area contributed by atoms with Crippen LogP contribution in [-0.2, 0) is 0 Å². The SMILES string of the molecule is CC(C)Nc1nc(C#N)cc2cnc(N[C@@H]3CN(C(=O)O)CC[C@@H]3F)cc12. The fourth-order valence-corrected chi connectivity index (χ4v) is 3.09. The molecule has 9 heteroatoms. The zero-order valence-electron chi connectivity index (χ0n) is 15.1. The fraction of sp³-hybridized carbons (Fsp3) is 0.444. The third-order valence-electron chi connectivity index (χ3n) is 4.39. The number of hydrogen-bond donors (Lipinski definition) is 3. The van der Waals surface area contributed by atoms with Gasteiger partial charge >= 0.3 is 6.09 Å². The van der Waals surface area contributed by atoms with Crippen molar-refractivity contribution in [1.29, 1.82) is 5.26 Å². The Morgan fingerprint density at radius 3 is 2.93 bits per heavy atom. The van der Waals surface area contributed by atoms with Gasteiger partial charge in [-0.15, -0.1) is 0 Å². The van der Waals surface area contributed by atoms with Crippen LogP contribution in [0.4, 0.5) is 20.8 Å². The molecule has 3 rings (SSSR count). The van der Waals surface area contributed by atoms with Gasteiger partial charge in [-0.25, -0.2) is 19.2 Å². The molecule has 1 fully saturated rings. The number of carboxylic acid groups (broad SMARTS) is 1. The quantitative estimate of drug-likeness (QED) is 0.756. The largest absolute Gasteiger partial charge is 0.465 e. The van der Waals surface area contributed by atoms with E-state index in [-0.39, 0.29) is 31.2 Å². The standard InChI is InChI=1S/C18H21FN6O2/c1-10(2)22-17-13-6-16(21-8-11(13)5-12(7-20)23-17)24-15-9-25(18(26)27)4-3-14(15)19/h5-6,8,10,14-15H,3-4,9H2,1-2H3,(H,21,24)(H,22,23)(H,26,27)/t14-,15+/m0/s1. The molecule has 8 nitrogen and oxygen atoms in total. The van der Waals surface area contributed by atoms with E-state index in [9.17, 15) is 9.18 Å². The minimum atomic E-state index is -1.16. The van der Waals surface area contributed by atoms with E-state index in [1.165, 1.54) is 4.90 Å². The monoisotopic (exact) mass is 372 g/mol. The molecule has 0 aromatic carbocycles. The van der Waals surface area contributed by atoms with Crippen LogP contribution in [0, 0.1) is 11.3 Å². The minimum absolute atomic E-state index is 0.0545. The normalized spacial score (nSPS) is 19.7. The first-order valence-corrected chi connectivity index (χ1v) is 8.73. The first-order valence-electron chi connectivity index (χ1n) is 8.73. The lowest BCUT2D eigenvalue weighted by molar-refractivity contribution is 0.108. The Labute approximate surface area is 156 Å². The molecule has 0 bridgehead atoms. The van der Waals surface area contributed by atoms with Gasteiger partial charge in [-0.1, -0.05) is 0 Å². The van der Waals surface area contributed by atoms with Crippen molar-refractivity contribution in [2.45, 2.75) is 38.5 Å². The van der Waals surface area contributed by atoms with Crippen molar-refractivity contribution < 1.29 is 14.3 Å². The zero-order chi connectivity index (χ0) is 19.6. The number of pyridine rings is 2. The number of likely N-dealkylation sites (tertiary alicyclic amines) is 1. The zero-order valence-corrected chi connectivity index (χ0v) is 15.1. The molecule has 0 saturated carbocycles. The number of rotatable bonds is 4. The van der Waals surface area contributed by atoms with Crippen molar-refractivity contribution in [3.63, 3.8) is 0 Å². The summed E-state index contributed by atoms with van der Waals surface area (Å²) in [6.45, 7) is 4.16. The lowest BCUT2D eigenvalue weighted by atomic mass is 10.0. The van der Waals surface area contributed by atoms with Gasteiger partial charge in [0.1, 0.15) is 29.6 Å². The first kappa shape index (κ1) is 18.6. The van der Waals surface area contributed by atoms with Crippen LogP contribution in [0.25, 0.3) is 10.8 Å². The molecule has 2 aromatic rings. The summed E-state index contributed by atoms with van der Waals surface area (Å²) < 4.78 is 14.3. The maximum atomic E-state index is 14.3. The number of aromatic nitrogens is 2. The molecule has 1 aliphatic rings. The second-order valence-corrected chi connectivity index (χ2v) is 6.84. The van der Waals surface area contributed by atoms with Gasteiger partial charge in [0.2, 0.25) is 0 Å². The summed E-state index contributed by atoms with van der Waals surface area (Å²) >= 11 is 0. The van der Waals surface area contributed by atoms with E-state index in [1.54, 1.807) is 18.3 Å². The molecule has 3 N–H and O–H groups in total. The Hall–Kier alpha value is -3.15. The third-order valence-corrected chi connectivity index (χ3v) is 4.39. The van der Waals surface area contributed by atoms with E-state index in [0.29, 0.717) is 11.6 Å². The molecule has 142 valence electrons. The van der Waals surface area contributed by atoms with Gasteiger partial charge in [-0.3, -0.25) is 0 Å². The third kappa shape index (κ3) is 4.16. The molecule has 27 heavy (non-hydrogen) atoms. The number of hydrogen-bond acceptors (Lipinski definition) is 6. The highest BCUT2D eigenvalue weighted by Crippen LogP contribution is 2.26. The van der Waals surface area contributed by atoms with Gasteiger partial charge in [0.05, 0.1) is 6.04 Å². The van der Waals surface area contributed by atoms with Gasteiger partial charge in [0, 0.05) is 36.1 Å². The number of amides is 1. The summed E-state index contributed by atoms with van der Waals surface area (Å²) in [4.78, 5) is 21.0. The Bertz CT molecular complexity index is 897. The van der Waals surface area contributed by atoms with E-state index in [4.69, 9.17) is 10.4 Å². The van der Waals surface area contributed by atoms with Crippen LogP contribution in [0.5, 0.6) is 0 Å². The fourth-order valence-electron chi connectivity index (χ4n) is 3.09. The Morgan fingerprint density at radius 1 is 1.48 bits per heavy atom. The lowest BCUT2D eigenvalue weighted by Gasteiger charge is -2.34. The summed E-state index contributed by atoms with van der Waals surface area (Å²) in [6, 6.07) is 4.84. The van der Waals surface area contributed by atoms with Crippen LogP contribution in [0.15, 0.2) is 18.3 Å². The van der Waals surface area contributed by atoms with Crippen LogP contribution in [0.1, 0.15) is 26.0 Å². The highest BCUT2D eigenvalue weighted by atomic mass is 19.1. The van der Waals surface area contributed by atoms with Crippen LogP contribution < -0.4 is 10.6 Å². The van der Waals surface area contributed by atoms with Crippen molar-refractivity contribution in [1.82, 2.24) is 14.9 Å². The maximum Gasteiger partial charge on any atom is 0.407 e. The molecule has 0 unspecified atom stereocenters. The number of anilines is 2. The Balaban J connectivity index is 1.91. The number of nitrogens with one attached hydrogen (secondary N) is 2. The molecule has 0 spiro atoms. The highest BCUT2D eigenvalue weighted by molar-refractivity contribution is 5.93. The van der Waals surface area contributed by atoms with Crippen LogP contribution in [0.2, 0.25) is 0 Å². The van der Waals surface area contributed by atoms with Crippen molar-refractivity contribution >= 4 is 28.5 Å². The molecule has 1 saturated heterocycles. The summed E-state index contributed by atoms with van der Waals surface area (Å²) in [5, 5.41) is 26.0. The van der Waals surface area contributed by atoms with E-state index in [1.807, 2.05) is 19.9 Å². The number of halogens is 1. The van der Waals surface area contributed by atoms with E-state index in [2.05, 4.69) is 20.6 Å². The predicted octanol–water partition coefficient (Wildman–Crippen LogP) is 2.82. The summed E-state index contributed by atoms with van der Waals surface area (Å²) in [5.41, 5.74) is 0.279. The van der Waals surface area contributed by atoms with Crippen molar-refractivity contribution in [3.8, 4) is 6.07 Å². The number of nitriles is 1. The molecular formula is C18H21FN6O2. The Morgan fingerprint density at radius 2 is 2.26 bits per heavy atom. The number of fused-ring (bicyclic) bond motifs is 1. The highest BCUT2D eigenvalue weighted by Gasteiger charge is 2.31. The van der Waals surface area contributed by atoms with E-state index in [0.717, 1.165) is 10.8 Å². The molecule has 1 aliphatic heterocycles. The Kier molecular flexibility index (Phi) is 5.26. The van der Waals surface area contributed by atoms with E-state index < -0.39 is 18.3 Å². The lowest BCUT2D eigenvalue weighted by Crippen LogP contribution is -2.50. The van der Waals surface area contributed by atoms with Crippen LogP contribution in [0.3, 0.4) is 0 Å². The van der Waals surface area contributed by atoms with Gasteiger partial charge in [0.15, 0.2) is 0 Å². The van der Waals surface area contributed by atoms with Crippen molar-refractivity contribution in [2.75, 3.05) is 23.7 Å². The molecule has 0 aliphatic carbocycles. The smallest absolute Gasteiger partial charge is 0.407 e. The summed E-state index contributed by atoms with van der Waals surface area (Å²) in [5.74, 6) is 0.984. The molecule has 0 radical (unpaired) electrons. The minimum Gasteiger partial charge on any atom is -0.465 e. The molecule has 2 aromatic heterocycles. The molecular weight excluding hydrogens is 351 g/mol. The summed E-state index contributed by atoms with van der Waals surface area (Å²) in [6.07, 6.45) is -0.483. The van der Waals surface area contributed by atoms with Crippen LogP contribution >= 0.6 is 0 Å². The first-order chi connectivity index (χ1) is 12.9. The average Bonchev–Trinajstić information content (AvgIpc) is 2.63. The van der Waals surface area contributed by atoms with Crippen LogP contribution in [-0.4, -0.2) is 57.4 Å². The molecule has 2 atom stereocenters. The number of alkyl halides is 1. The summed E-state index contributed by atoms with van der Waals surface area (Å²) in [7, 11) is 0. The number of carbonyl (C=O) groups is 1. The maximum absolute atomic E-state index is 14.3. The van der Waals surface area contributed by atoms with E-state index >= 15 is 0 Å². The van der Waals surface area contributed by atoms with Gasteiger partial charge in [-0.2, -0.15) is 5.26 Å². The van der Waals surface area contributed by atoms with Crippen molar-refractivity contribution in [3.05, 3.63) is 24.0 Å². The number of piperidine rings is 1. The second kappa shape index (κ2) is 7.61. The second-order valence-electron chi connectivity index (χ2n) is 6.84. The topological polar surface area (TPSA) is 114 Å². The van der Waals surface area contributed by atoms with Gasteiger partial charge in [-0.05, 0) is 32.4 Å².